The molecule has 0 bridgehead atoms. The van der Waals surface area contributed by atoms with Crippen LogP contribution in [-0.4, -0.2) is 75.2 Å². The van der Waals surface area contributed by atoms with Gasteiger partial charge < -0.3 is 42.5 Å². The Labute approximate surface area is 260 Å². The van der Waals surface area contributed by atoms with Gasteiger partial charge in [0.1, 0.15) is 18.1 Å². The lowest BCUT2D eigenvalue weighted by atomic mass is 10.0. The van der Waals surface area contributed by atoms with E-state index in [1.165, 1.54) is 0 Å². The number of para-hydroxylation sites is 2. The number of rotatable bonds is 16. The first kappa shape index (κ1) is 32.6. The van der Waals surface area contributed by atoms with E-state index >= 15 is 0 Å². The zero-order valence-corrected chi connectivity index (χ0v) is 25.1. The molecule has 0 saturated heterocycles. The molecule has 10 N–H and O–H groups in total. The van der Waals surface area contributed by atoms with E-state index in [0.29, 0.717) is 19.4 Å². The van der Waals surface area contributed by atoms with Crippen LogP contribution in [-0.2, 0) is 32.0 Å². The maximum absolute atomic E-state index is 13.3. The predicted octanol–water partition coefficient (Wildman–Crippen LogP) is 1.36. The molecule has 2 heterocycles. The van der Waals surface area contributed by atoms with Crippen molar-refractivity contribution >= 4 is 58.1 Å². The highest BCUT2D eigenvalue weighted by Gasteiger charge is 2.30. The molecule has 0 radical (unpaired) electrons. The molecule has 4 aromatic rings. The first-order valence-corrected chi connectivity index (χ1v) is 15.2. The summed E-state index contributed by atoms with van der Waals surface area (Å²) < 4.78 is 0. The van der Waals surface area contributed by atoms with Crippen LogP contribution < -0.4 is 27.4 Å². The zero-order chi connectivity index (χ0) is 31.6. The molecule has 4 atom stereocenters. The standard InChI is InChI=1S/C31H39N7O5S/c32-12-6-5-11-25(36-28(39)22(33)13-18-15-34-23-9-3-1-7-20(18)23)29(40)38-27(17-44)30(41)37-26(31(42)43)14-19-16-35-24-10-4-2-8-21(19)24/h1-4,7-10,15-16,22,25-27,34-35,44H,5-6,11-14,17,32-33H2,(H,36,39)(H,37,41)(H,38,40)(H,42,43). The monoisotopic (exact) mass is 621 g/mol. The van der Waals surface area contributed by atoms with Gasteiger partial charge in [-0.05, 0) is 55.5 Å². The first-order valence-electron chi connectivity index (χ1n) is 14.5. The number of aromatic nitrogens is 2. The second-order valence-electron chi connectivity index (χ2n) is 10.7. The number of unbranched alkanes of at least 4 members (excludes halogenated alkanes) is 1. The molecule has 2 aromatic heterocycles. The Morgan fingerprint density at radius 2 is 1.27 bits per heavy atom. The molecule has 234 valence electrons. The summed E-state index contributed by atoms with van der Waals surface area (Å²) in [5.41, 5.74) is 15.2. The molecule has 0 fully saturated rings. The number of benzene rings is 2. The lowest BCUT2D eigenvalue weighted by Gasteiger charge is -2.24. The molecular formula is C31H39N7O5S. The van der Waals surface area contributed by atoms with Crippen LogP contribution in [0.4, 0.5) is 0 Å². The number of thiol groups is 1. The lowest BCUT2D eigenvalue weighted by molar-refractivity contribution is -0.142. The number of aromatic amines is 2. The number of aliphatic carboxylic acids is 1. The number of hydrogen-bond acceptors (Lipinski definition) is 7. The van der Waals surface area contributed by atoms with E-state index in [4.69, 9.17) is 11.5 Å². The second kappa shape index (κ2) is 15.4. The maximum Gasteiger partial charge on any atom is 0.326 e. The van der Waals surface area contributed by atoms with Gasteiger partial charge in [0.2, 0.25) is 17.7 Å². The van der Waals surface area contributed by atoms with Gasteiger partial charge in [0.25, 0.3) is 0 Å². The highest BCUT2D eigenvalue weighted by atomic mass is 32.1. The van der Waals surface area contributed by atoms with Crippen molar-refractivity contribution in [1.29, 1.82) is 0 Å². The molecule has 0 aliphatic rings. The SMILES string of the molecule is NCCCCC(NC(=O)C(N)Cc1c[nH]c2ccccc12)C(=O)NC(CS)C(=O)NC(Cc1c[nH]c2ccccc12)C(=O)O. The molecule has 0 saturated carbocycles. The van der Waals surface area contributed by atoms with E-state index in [0.717, 1.165) is 32.9 Å². The molecule has 4 unspecified atom stereocenters. The Hall–Kier alpha value is -4.33. The van der Waals surface area contributed by atoms with Crippen molar-refractivity contribution in [2.45, 2.75) is 56.3 Å². The van der Waals surface area contributed by atoms with Crippen LogP contribution in [0.3, 0.4) is 0 Å². The van der Waals surface area contributed by atoms with Crippen molar-refractivity contribution in [2.24, 2.45) is 11.5 Å². The molecule has 12 nitrogen and oxygen atoms in total. The van der Waals surface area contributed by atoms with Crippen molar-refractivity contribution in [3.63, 3.8) is 0 Å². The number of carboxylic acids is 1. The summed E-state index contributed by atoms with van der Waals surface area (Å²) >= 11 is 4.22. The van der Waals surface area contributed by atoms with Gasteiger partial charge in [0.05, 0.1) is 6.04 Å². The number of amides is 3. The van der Waals surface area contributed by atoms with E-state index in [1.54, 1.807) is 6.20 Å². The van der Waals surface area contributed by atoms with Crippen molar-refractivity contribution < 1.29 is 24.3 Å². The fraction of sp³-hybridized carbons (Fsp3) is 0.355. The maximum atomic E-state index is 13.3. The summed E-state index contributed by atoms with van der Waals surface area (Å²) in [5, 5.41) is 19.5. The Bertz CT molecular complexity index is 1600. The predicted molar refractivity (Wildman–Crippen MR) is 172 cm³/mol. The number of H-pyrrole nitrogens is 2. The quantitative estimate of drug-likeness (QED) is 0.0662. The molecule has 0 aliphatic heterocycles. The topological polar surface area (TPSA) is 208 Å². The van der Waals surface area contributed by atoms with Gasteiger partial charge in [-0.1, -0.05) is 36.4 Å². The molecule has 4 rings (SSSR count). The first-order chi connectivity index (χ1) is 21.2. The molecular weight excluding hydrogens is 582 g/mol. The van der Waals surface area contributed by atoms with Crippen LogP contribution in [0.5, 0.6) is 0 Å². The van der Waals surface area contributed by atoms with E-state index < -0.39 is 47.9 Å². The minimum Gasteiger partial charge on any atom is -0.480 e. The van der Waals surface area contributed by atoms with Crippen LogP contribution in [0, 0.1) is 0 Å². The van der Waals surface area contributed by atoms with E-state index in [-0.39, 0.29) is 25.0 Å². The Morgan fingerprint density at radius 3 is 1.84 bits per heavy atom. The molecule has 0 aliphatic carbocycles. The third-order valence-electron chi connectivity index (χ3n) is 7.56. The summed E-state index contributed by atoms with van der Waals surface area (Å²) in [6.45, 7) is 0.414. The van der Waals surface area contributed by atoms with Gasteiger partial charge >= 0.3 is 5.97 Å². The third kappa shape index (κ3) is 8.18. The van der Waals surface area contributed by atoms with Crippen molar-refractivity contribution in [2.75, 3.05) is 12.3 Å². The molecule has 13 heteroatoms. The summed E-state index contributed by atoms with van der Waals surface area (Å²) in [5.74, 6) is -3.14. The van der Waals surface area contributed by atoms with Gasteiger partial charge in [-0.3, -0.25) is 14.4 Å². The average Bonchev–Trinajstić information content (AvgIpc) is 3.62. The Kier molecular flexibility index (Phi) is 11.4. The van der Waals surface area contributed by atoms with Gasteiger partial charge in [0, 0.05) is 46.4 Å². The second-order valence-corrected chi connectivity index (χ2v) is 11.1. The van der Waals surface area contributed by atoms with Gasteiger partial charge in [-0.15, -0.1) is 0 Å². The zero-order valence-electron chi connectivity index (χ0n) is 24.2. The smallest absolute Gasteiger partial charge is 0.326 e. The third-order valence-corrected chi connectivity index (χ3v) is 7.93. The van der Waals surface area contributed by atoms with E-state index in [2.05, 4.69) is 38.5 Å². The van der Waals surface area contributed by atoms with Crippen molar-refractivity contribution in [3.8, 4) is 0 Å². The van der Waals surface area contributed by atoms with Gasteiger partial charge in [0.15, 0.2) is 0 Å². The number of nitrogens with one attached hydrogen (secondary N) is 5. The number of fused-ring (bicyclic) bond motifs is 2. The average molecular weight is 622 g/mol. The van der Waals surface area contributed by atoms with Crippen molar-refractivity contribution in [1.82, 2.24) is 25.9 Å². The summed E-state index contributed by atoms with van der Waals surface area (Å²) in [4.78, 5) is 57.9. The summed E-state index contributed by atoms with van der Waals surface area (Å²) in [6.07, 6.45) is 5.26. The number of carbonyl (C=O) groups excluding carboxylic acids is 3. The van der Waals surface area contributed by atoms with E-state index in [1.807, 2.05) is 54.7 Å². The molecule has 3 amide bonds. The van der Waals surface area contributed by atoms with Crippen LogP contribution in [0.25, 0.3) is 21.8 Å². The molecule has 44 heavy (non-hydrogen) atoms. The molecule has 2 aromatic carbocycles. The van der Waals surface area contributed by atoms with Crippen LogP contribution in [0.15, 0.2) is 60.9 Å². The number of hydrogen-bond donors (Lipinski definition) is 9. The van der Waals surface area contributed by atoms with Crippen molar-refractivity contribution in [3.05, 3.63) is 72.1 Å². The van der Waals surface area contributed by atoms with Crippen LogP contribution in [0.1, 0.15) is 30.4 Å². The summed E-state index contributed by atoms with van der Waals surface area (Å²) in [6, 6.07) is 10.8. The Balaban J connectivity index is 1.39. The van der Waals surface area contributed by atoms with Crippen LogP contribution in [0.2, 0.25) is 0 Å². The van der Waals surface area contributed by atoms with Gasteiger partial charge in [-0.25, -0.2) is 4.79 Å². The van der Waals surface area contributed by atoms with Gasteiger partial charge in [-0.2, -0.15) is 12.6 Å². The number of nitrogens with two attached hydrogens (primary N) is 2. The fourth-order valence-corrected chi connectivity index (χ4v) is 5.39. The molecule has 0 spiro atoms. The highest BCUT2D eigenvalue weighted by molar-refractivity contribution is 7.80. The number of carbonyl (C=O) groups is 4. The minimum atomic E-state index is -1.25. The van der Waals surface area contributed by atoms with E-state index in [9.17, 15) is 24.3 Å². The number of carboxylic acid groups (broad SMARTS) is 1. The minimum absolute atomic E-state index is 0.0322. The largest absolute Gasteiger partial charge is 0.480 e. The fourth-order valence-electron chi connectivity index (χ4n) is 5.13. The normalized spacial score (nSPS) is 14.1. The van der Waals surface area contributed by atoms with Crippen LogP contribution >= 0.6 is 12.6 Å². The summed E-state index contributed by atoms with van der Waals surface area (Å²) in [7, 11) is 0. The lowest BCUT2D eigenvalue weighted by Crippen LogP contribution is -2.58. The Morgan fingerprint density at radius 1 is 0.750 bits per heavy atom. The highest BCUT2D eigenvalue weighted by Crippen LogP contribution is 2.20.